The number of nitrogens with zero attached hydrogens (tertiary/aromatic N) is 2. The molecule has 0 saturated heterocycles. The number of furan rings is 2. The van der Waals surface area contributed by atoms with E-state index in [9.17, 15) is 0 Å². The van der Waals surface area contributed by atoms with E-state index in [0.29, 0.717) is 0 Å². The fraction of sp³-hybridized carbons (Fsp3) is 0.153. The lowest BCUT2D eigenvalue weighted by Gasteiger charge is -2.31. The van der Waals surface area contributed by atoms with E-state index in [0.717, 1.165) is 77.0 Å². The lowest BCUT2D eigenvalue weighted by molar-refractivity contribution is 0.662. The monoisotopic (exact) mass is 818 g/mol. The number of anilines is 6. The van der Waals surface area contributed by atoms with Crippen LogP contribution in [0.3, 0.4) is 0 Å². The predicted molar refractivity (Wildman–Crippen MR) is 268 cm³/mol. The molecule has 0 saturated carbocycles. The number of rotatable bonds is 6. The fourth-order valence-electron chi connectivity index (χ4n) is 10.5. The molecule has 63 heavy (non-hydrogen) atoms. The van der Waals surface area contributed by atoms with Crippen molar-refractivity contribution in [1.29, 1.82) is 0 Å². The third-order valence-corrected chi connectivity index (χ3v) is 13.5. The average molecular weight is 819 g/mol. The van der Waals surface area contributed by atoms with Crippen LogP contribution < -0.4 is 9.80 Å². The molecule has 0 aliphatic heterocycles. The van der Waals surface area contributed by atoms with E-state index in [1.165, 1.54) is 72.6 Å². The third-order valence-electron chi connectivity index (χ3n) is 13.5. The highest BCUT2D eigenvalue weighted by molar-refractivity contribution is 6.20. The standard InChI is InChI=1S/C59H50N2O2/c1-33-14-10-15-34(2)55(33)60(56-35(3)16-11-17-36(56)4)46-24-22-42-28-48-49-32-53-54(41(9)59(49)63-51(48)30-44(42)26-46)50-29-43-23-25-47(27-45(43)31-52(50)62-53)61(57-37(5)18-12-19-38(57)6)58-39(7)20-13-21-40(58)8/h10-32H,1-9H3. The van der Waals surface area contributed by atoms with Crippen LogP contribution in [-0.4, -0.2) is 0 Å². The minimum atomic E-state index is 0.870. The topological polar surface area (TPSA) is 32.8 Å². The number of aryl methyl sites for hydroxylation is 9. The number of fused-ring (bicyclic) bond motifs is 8. The van der Waals surface area contributed by atoms with Gasteiger partial charge in [0.1, 0.15) is 22.3 Å². The molecule has 0 N–H and O–H groups in total. The van der Waals surface area contributed by atoms with Gasteiger partial charge in [0, 0.05) is 38.5 Å². The molecule has 11 aromatic rings. The Kier molecular flexibility index (Phi) is 8.82. The van der Waals surface area contributed by atoms with E-state index in [4.69, 9.17) is 8.83 Å². The van der Waals surface area contributed by atoms with E-state index < -0.39 is 0 Å². The van der Waals surface area contributed by atoms with Crippen LogP contribution in [0.25, 0.3) is 65.4 Å². The summed E-state index contributed by atoms with van der Waals surface area (Å²) in [5.41, 5.74) is 21.6. The maximum Gasteiger partial charge on any atom is 0.139 e. The Morgan fingerprint density at radius 2 is 0.698 bits per heavy atom. The Labute approximate surface area is 368 Å². The highest BCUT2D eigenvalue weighted by atomic mass is 16.3. The van der Waals surface area contributed by atoms with Crippen molar-refractivity contribution in [3.8, 4) is 0 Å². The normalized spacial score (nSPS) is 11.9. The minimum Gasteiger partial charge on any atom is -0.456 e. The smallest absolute Gasteiger partial charge is 0.139 e. The Bertz CT molecular complexity index is 3390. The molecule has 0 atom stereocenters. The largest absolute Gasteiger partial charge is 0.456 e. The molecule has 2 aromatic heterocycles. The van der Waals surface area contributed by atoms with Crippen molar-refractivity contribution in [2.45, 2.75) is 62.3 Å². The van der Waals surface area contributed by atoms with Crippen LogP contribution in [0.2, 0.25) is 0 Å². The zero-order valence-corrected chi connectivity index (χ0v) is 37.5. The van der Waals surface area contributed by atoms with Crippen LogP contribution in [0.15, 0.2) is 148 Å². The molecule has 0 bridgehead atoms. The van der Waals surface area contributed by atoms with Crippen molar-refractivity contribution in [1.82, 2.24) is 0 Å². The molecule has 0 radical (unpaired) electrons. The summed E-state index contributed by atoms with van der Waals surface area (Å²) in [5.74, 6) is 0. The van der Waals surface area contributed by atoms with Gasteiger partial charge < -0.3 is 18.6 Å². The molecule has 0 amide bonds. The molecule has 4 nitrogen and oxygen atoms in total. The average Bonchev–Trinajstić information content (AvgIpc) is 3.80. The van der Waals surface area contributed by atoms with Gasteiger partial charge >= 0.3 is 0 Å². The Morgan fingerprint density at radius 1 is 0.317 bits per heavy atom. The van der Waals surface area contributed by atoms with E-state index >= 15 is 0 Å². The van der Waals surface area contributed by atoms with Crippen molar-refractivity contribution >= 4 is 99.5 Å². The second kappa shape index (κ2) is 14.4. The maximum atomic E-state index is 6.86. The maximum absolute atomic E-state index is 6.86. The highest BCUT2D eigenvalue weighted by Crippen LogP contribution is 2.47. The first kappa shape index (κ1) is 38.6. The van der Waals surface area contributed by atoms with Gasteiger partial charge in [-0.1, -0.05) is 84.9 Å². The molecular formula is C59H50N2O2. The van der Waals surface area contributed by atoms with Crippen molar-refractivity contribution in [2.24, 2.45) is 0 Å². The van der Waals surface area contributed by atoms with Gasteiger partial charge in [-0.15, -0.1) is 0 Å². The molecule has 0 fully saturated rings. The quantitative estimate of drug-likeness (QED) is 0.167. The van der Waals surface area contributed by atoms with Crippen molar-refractivity contribution in [2.75, 3.05) is 9.80 Å². The predicted octanol–water partition coefficient (Wildman–Crippen LogP) is 17.5. The van der Waals surface area contributed by atoms with Crippen LogP contribution in [0, 0.1) is 62.3 Å². The Balaban J connectivity index is 1.05. The van der Waals surface area contributed by atoms with E-state index in [2.05, 4.69) is 212 Å². The summed E-state index contributed by atoms with van der Waals surface area (Å²) in [4.78, 5) is 4.88. The molecule has 308 valence electrons. The first-order valence-electron chi connectivity index (χ1n) is 22.0. The molecule has 2 heterocycles. The molecule has 0 spiro atoms. The third kappa shape index (κ3) is 6.03. The van der Waals surface area contributed by atoms with Crippen LogP contribution >= 0.6 is 0 Å². The van der Waals surface area contributed by atoms with Crippen LogP contribution in [0.4, 0.5) is 34.1 Å². The second-order valence-corrected chi connectivity index (χ2v) is 17.8. The lowest BCUT2D eigenvalue weighted by atomic mass is 9.99. The Hall–Kier alpha value is -7.30. The lowest BCUT2D eigenvalue weighted by Crippen LogP contribution is -2.15. The van der Waals surface area contributed by atoms with Gasteiger partial charge in [-0.05, 0) is 183 Å². The summed E-state index contributed by atoms with van der Waals surface area (Å²) in [6.07, 6.45) is 0. The van der Waals surface area contributed by atoms with Gasteiger partial charge in [0.15, 0.2) is 0 Å². The molecular weight excluding hydrogens is 769 g/mol. The molecule has 0 unspecified atom stereocenters. The molecule has 0 aliphatic rings. The van der Waals surface area contributed by atoms with Crippen LogP contribution in [0.1, 0.15) is 50.1 Å². The first-order chi connectivity index (χ1) is 30.4. The van der Waals surface area contributed by atoms with Gasteiger partial charge in [-0.25, -0.2) is 0 Å². The number of hydrogen-bond acceptors (Lipinski definition) is 4. The van der Waals surface area contributed by atoms with Crippen molar-refractivity contribution in [3.63, 3.8) is 0 Å². The van der Waals surface area contributed by atoms with E-state index in [1.807, 2.05) is 0 Å². The summed E-state index contributed by atoms with van der Waals surface area (Å²) in [6.45, 7) is 19.8. The summed E-state index contributed by atoms with van der Waals surface area (Å²) in [5, 5.41) is 8.94. The van der Waals surface area contributed by atoms with Gasteiger partial charge in [0.05, 0.1) is 22.7 Å². The summed E-state index contributed by atoms with van der Waals surface area (Å²) in [7, 11) is 0. The summed E-state index contributed by atoms with van der Waals surface area (Å²) in [6, 6.07) is 51.1. The molecule has 11 rings (SSSR count). The zero-order valence-electron chi connectivity index (χ0n) is 37.5. The minimum absolute atomic E-state index is 0.870. The number of hydrogen-bond donors (Lipinski definition) is 0. The SMILES string of the molecule is Cc1cccc(C)c1N(c1ccc2cc3c(cc2c1)oc1c(C)c2c(cc13)oc1cc3cc(N(c4c(C)cccc4C)c4c(C)cccc4C)ccc3cc12)c1c(C)cccc1C. The summed E-state index contributed by atoms with van der Waals surface area (Å²) < 4.78 is 13.7. The molecule has 0 aliphatic carbocycles. The van der Waals surface area contributed by atoms with Gasteiger partial charge in [0.25, 0.3) is 0 Å². The van der Waals surface area contributed by atoms with E-state index in [-0.39, 0.29) is 0 Å². The molecule has 9 aromatic carbocycles. The number of benzene rings is 9. The fourth-order valence-corrected chi connectivity index (χ4v) is 10.5. The zero-order chi connectivity index (χ0) is 43.4. The van der Waals surface area contributed by atoms with Gasteiger partial charge in [-0.2, -0.15) is 0 Å². The highest BCUT2D eigenvalue weighted by Gasteiger charge is 2.24. The van der Waals surface area contributed by atoms with Crippen molar-refractivity contribution < 1.29 is 8.83 Å². The van der Waals surface area contributed by atoms with Gasteiger partial charge in [0.2, 0.25) is 0 Å². The summed E-state index contributed by atoms with van der Waals surface area (Å²) >= 11 is 0. The second-order valence-electron chi connectivity index (χ2n) is 17.8. The first-order valence-corrected chi connectivity index (χ1v) is 22.0. The van der Waals surface area contributed by atoms with Crippen LogP contribution in [0.5, 0.6) is 0 Å². The Morgan fingerprint density at radius 3 is 1.11 bits per heavy atom. The van der Waals surface area contributed by atoms with Crippen LogP contribution in [-0.2, 0) is 0 Å². The van der Waals surface area contributed by atoms with Gasteiger partial charge in [-0.3, -0.25) is 0 Å². The van der Waals surface area contributed by atoms with Crippen molar-refractivity contribution in [3.05, 3.63) is 190 Å². The molecule has 4 heteroatoms. The number of para-hydroxylation sites is 4. The van der Waals surface area contributed by atoms with E-state index in [1.54, 1.807) is 0 Å².